The number of hydrogen-bond donors (Lipinski definition) is 1. The number of amides is 1. The lowest BCUT2D eigenvalue weighted by Gasteiger charge is -2.22. The van der Waals surface area contributed by atoms with Gasteiger partial charge in [-0.25, -0.2) is 0 Å². The van der Waals surface area contributed by atoms with Crippen molar-refractivity contribution in [3.8, 4) is 0 Å². The Kier molecular flexibility index (Phi) is 3.98. The Labute approximate surface area is 115 Å². The molecule has 1 aromatic rings. The van der Waals surface area contributed by atoms with Gasteiger partial charge >= 0.3 is 0 Å². The number of hydrogen-bond acceptors (Lipinski definition) is 3. The smallest absolute Gasteiger partial charge is 0.256 e. The third-order valence-corrected chi connectivity index (χ3v) is 3.88. The lowest BCUT2D eigenvalue weighted by Crippen LogP contribution is -2.30. The molecule has 19 heavy (non-hydrogen) atoms. The van der Waals surface area contributed by atoms with Crippen LogP contribution in [-0.2, 0) is 0 Å². The molecule has 2 rings (SSSR count). The van der Waals surface area contributed by atoms with Gasteiger partial charge in [-0.15, -0.1) is 0 Å². The zero-order valence-corrected chi connectivity index (χ0v) is 12.0. The maximum Gasteiger partial charge on any atom is 0.256 e. The monoisotopic (exact) mass is 261 g/mol. The topological polar surface area (TPSA) is 49.6 Å². The van der Waals surface area contributed by atoms with E-state index in [1.807, 2.05) is 36.0 Å². The zero-order valence-electron chi connectivity index (χ0n) is 12.0. The van der Waals surface area contributed by atoms with E-state index in [2.05, 4.69) is 6.92 Å². The number of nitrogens with zero attached hydrogens (tertiary/aromatic N) is 2. The third-order valence-electron chi connectivity index (χ3n) is 3.88. The van der Waals surface area contributed by atoms with Crippen molar-refractivity contribution in [1.82, 2.24) is 4.90 Å². The molecule has 1 saturated heterocycles. The Morgan fingerprint density at radius 3 is 2.79 bits per heavy atom. The van der Waals surface area contributed by atoms with Gasteiger partial charge in [0.2, 0.25) is 0 Å². The summed E-state index contributed by atoms with van der Waals surface area (Å²) in [6, 6.07) is 5.54. The van der Waals surface area contributed by atoms with Crippen LogP contribution in [0.3, 0.4) is 0 Å². The minimum atomic E-state index is 0.104. The molecule has 0 bridgehead atoms. The molecule has 1 amide bonds. The van der Waals surface area contributed by atoms with E-state index in [-0.39, 0.29) is 5.91 Å². The summed E-state index contributed by atoms with van der Waals surface area (Å²) in [7, 11) is 3.89. The number of benzene rings is 1. The summed E-state index contributed by atoms with van der Waals surface area (Å²) in [6.45, 7) is 3.92. The van der Waals surface area contributed by atoms with Crippen LogP contribution in [0.25, 0.3) is 0 Å². The van der Waals surface area contributed by atoms with Crippen molar-refractivity contribution in [3.05, 3.63) is 23.8 Å². The number of likely N-dealkylation sites (tertiary alicyclic amines) is 1. The van der Waals surface area contributed by atoms with E-state index in [1.165, 1.54) is 0 Å². The van der Waals surface area contributed by atoms with Gasteiger partial charge < -0.3 is 15.5 Å². The van der Waals surface area contributed by atoms with Crippen LogP contribution in [0.15, 0.2) is 18.2 Å². The molecule has 1 aromatic carbocycles. The molecule has 1 fully saturated rings. The van der Waals surface area contributed by atoms with Crippen molar-refractivity contribution in [2.75, 3.05) is 37.8 Å². The minimum Gasteiger partial charge on any atom is -0.399 e. The summed E-state index contributed by atoms with van der Waals surface area (Å²) in [5.74, 6) is 0.750. The average Bonchev–Trinajstić information content (AvgIpc) is 2.86. The standard InChI is InChI=1S/C15H23N3O/c1-4-11-7-8-18(10-11)15(19)13-9-12(16)5-6-14(13)17(2)3/h5-6,9,11H,4,7-8,10,16H2,1-3H3. The first-order valence-corrected chi connectivity index (χ1v) is 6.89. The third kappa shape index (κ3) is 2.83. The zero-order chi connectivity index (χ0) is 14.0. The summed E-state index contributed by atoms with van der Waals surface area (Å²) in [4.78, 5) is 16.5. The number of nitrogens with two attached hydrogens (primary N) is 1. The van der Waals surface area contributed by atoms with E-state index in [9.17, 15) is 4.79 Å². The second-order valence-electron chi connectivity index (χ2n) is 5.49. The average molecular weight is 261 g/mol. The molecule has 0 saturated carbocycles. The van der Waals surface area contributed by atoms with Crippen LogP contribution in [0.1, 0.15) is 30.1 Å². The van der Waals surface area contributed by atoms with Gasteiger partial charge in [-0.1, -0.05) is 13.3 Å². The number of nitrogen functional groups attached to an aromatic ring is 1. The number of carbonyl (C=O) groups is 1. The maximum atomic E-state index is 12.6. The molecule has 4 heteroatoms. The highest BCUT2D eigenvalue weighted by atomic mass is 16.2. The van der Waals surface area contributed by atoms with Gasteiger partial charge in [-0.2, -0.15) is 0 Å². The summed E-state index contributed by atoms with van der Waals surface area (Å²) >= 11 is 0. The van der Waals surface area contributed by atoms with Gasteiger partial charge in [0.15, 0.2) is 0 Å². The highest BCUT2D eigenvalue weighted by molar-refractivity contribution is 6.00. The molecule has 4 nitrogen and oxygen atoms in total. The summed E-state index contributed by atoms with van der Waals surface area (Å²) in [5, 5.41) is 0. The fraction of sp³-hybridized carbons (Fsp3) is 0.533. The van der Waals surface area contributed by atoms with Crippen molar-refractivity contribution in [3.63, 3.8) is 0 Å². The van der Waals surface area contributed by atoms with Gasteiger partial charge in [0.05, 0.1) is 5.56 Å². The Morgan fingerprint density at radius 2 is 2.21 bits per heavy atom. The van der Waals surface area contributed by atoms with E-state index in [0.717, 1.165) is 31.6 Å². The normalized spacial score (nSPS) is 18.7. The highest BCUT2D eigenvalue weighted by Gasteiger charge is 2.27. The van der Waals surface area contributed by atoms with Crippen LogP contribution in [0.4, 0.5) is 11.4 Å². The molecule has 0 spiro atoms. The van der Waals surface area contributed by atoms with E-state index in [4.69, 9.17) is 5.73 Å². The Bertz CT molecular complexity index is 470. The Hall–Kier alpha value is -1.71. The first-order chi connectivity index (χ1) is 9.02. The van der Waals surface area contributed by atoms with Crippen molar-refractivity contribution >= 4 is 17.3 Å². The largest absolute Gasteiger partial charge is 0.399 e. The SMILES string of the molecule is CCC1CCN(C(=O)c2cc(N)ccc2N(C)C)C1. The van der Waals surface area contributed by atoms with Crippen molar-refractivity contribution in [2.24, 2.45) is 5.92 Å². The van der Waals surface area contributed by atoms with E-state index in [1.54, 1.807) is 6.07 Å². The molecule has 104 valence electrons. The van der Waals surface area contributed by atoms with Gasteiger partial charge in [0.25, 0.3) is 5.91 Å². The summed E-state index contributed by atoms with van der Waals surface area (Å²) < 4.78 is 0. The molecule has 1 aliphatic heterocycles. The second kappa shape index (κ2) is 5.51. The lowest BCUT2D eigenvalue weighted by molar-refractivity contribution is 0.0787. The van der Waals surface area contributed by atoms with E-state index < -0.39 is 0 Å². The van der Waals surface area contributed by atoms with Gasteiger partial charge in [0.1, 0.15) is 0 Å². The molecular weight excluding hydrogens is 238 g/mol. The lowest BCUT2D eigenvalue weighted by atomic mass is 10.1. The molecular formula is C15H23N3O. The van der Waals surface area contributed by atoms with Crippen LogP contribution in [0, 0.1) is 5.92 Å². The fourth-order valence-corrected chi connectivity index (χ4v) is 2.64. The number of carbonyl (C=O) groups excluding carboxylic acids is 1. The summed E-state index contributed by atoms with van der Waals surface area (Å²) in [5.41, 5.74) is 8.11. The molecule has 1 unspecified atom stereocenters. The molecule has 0 aromatic heterocycles. The number of rotatable bonds is 3. The predicted molar refractivity (Wildman–Crippen MR) is 79.5 cm³/mol. The van der Waals surface area contributed by atoms with Crippen LogP contribution in [0.5, 0.6) is 0 Å². The molecule has 1 heterocycles. The molecule has 1 atom stereocenters. The van der Waals surface area contributed by atoms with Gasteiger partial charge in [0, 0.05) is 38.6 Å². The first kappa shape index (κ1) is 13.7. The predicted octanol–water partition coefficient (Wildman–Crippen LogP) is 2.21. The van der Waals surface area contributed by atoms with Crippen molar-refractivity contribution in [1.29, 1.82) is 0 Å². The second-order valence-corrected chi connectivity index (χ2v) is 5.49. The van der Waals surface area contributed by atoms with Gasteiger partial charge in [-0.05, 0) is 30.5 Å². The van der Waals surface area contributed by atoms with Crippen LogP contribution in [-0.4, -0.2) is 38.0 Å². The molecule has 0 aliphatic carbocycles. The van der Waals surface area contributed by atoms with E-state index >= 15 is 0 Å². The quantitative estimate of drug-likeness (QED) is 0.849. The minimum absolute atomic E-state index is 0.104. The molecule has 0 radical (unpaired) electrons. The van der Waals surface area contributed by atoms with Crippen molar-refractivity contribution in [2.45, 2.75) is 19.8 Å². The Balaban J connectivity index is 2.26. The van der Waals surface area contributed by atoms with Crippen LogP contribution >= 0.6 is 0 Å². The first-order valence-electron chi connectivity index (χ1n) is 6.89. The van der Waals surface area contributed by atoms with Gasteiger partial charge in [-0.3, -0.25) is 4.79 Å². The van der Waals surface area contributed by atoms with Crippen LogP contribution < -0.4 is 10.6 Å². The van der Waals surface area contributed by atoms with E-state index in [0.29, 0.717) is 17.2 Å². The Morgan fingerprint density at radius 1 is 1.47 bits per heavy atom. The maximum absolute atomic E-state index is 12.6. The molecule has 1 aliphatic rings. The highest BCUT2D eigenvalue weighted by Crippen LogP contribution is 2.26. The van der Waals surface area contributed by atoms with Crippen LogP contribution in [0.2, 0.25) is 0 Å². The fourth-order valence-electron chi connectivity index (χ4n) is 2.64. The van der Waals surface area contributed by atoms with Crippen molar-refractivity contribution < 1.29 is 4.79 Å². The number of anilines is 2. The molecule has 2 N–H and O–H groups in total. The summed E-state index contributed by atoms with van der Waals surface area (Å²) in [6.07, 6.45) is 2.25.